The zero-order chi connectivity index (χ0) is 33.9. The molecule has 0 aromatic carbocycles. The molecule has 6 N–H and O–H groups in total. The van der Waals surface area contributed by atoms with Crippen molar-refractivity contribution in [2.45, 2.75) is 153 Å². The number of hydrogen-bond donors (Lipinski definition) is 5. The normalized spacial score (nSPS) is 26.0. The fourth-order valence-electron chi connectivity index (χ4n) is 6.25. The summed E-state index contributed by atoms with van der Waals surface area (Å²) < 4.78 is 12.1. The van der Waals surface area contributed by atoms with Crippen LogP contribution >= 0.6 is 0 Å². The first-order chi connectivity index (χ1) is 22.2. The Kier molecular flexibility index (Phi) is 19.0. The quantitative estimate of drug-likeness (QED) is 0.0621. The average molecular weight is 654 g/mol. The van der Waals surface area contributed by atoms with Crippen LogP contribution in [0.1, 0.15) is 110 Å². The van der Waals surface area contributed by atoms with Crippen LogP contribution in [0.3, 0.4) is 0 Å². The molecule has 7 atom stereocenters. The molecule has 264 valence electrons. The first-order valence-electron chi connectivity index (χ1n) is 17.3. The molecule has 0 saturated carbocycles. The number of carbonyl (C=O) groups is 4. The lowest BCUT2D eigenvalue weighted by Crippen LogP contribution is -2.55. The molecule has 2 aliphatic heterocycles. The summed E-state index contributed by atoms with van der Waals surface area (Å²) in [6.45, 7) is 4.22. The van der Waals surface area contributed by atoms with Crippen LogP contribution in [-0.2, 0) is 28.7 Å². The number of likely N-dealkylation sites (N-methyl/N-ethyl adjacent to an activating group) is 1. The number of imide groups is 1. The SMILES string of the molecule is CCCCCCCCCCCCCCCCNC(=O)[C@@H]1[C@@H]([C@H]2O[C@@H](N(C)/C=C\C(=O)NC=O)C(O)C2O)O[C@H](CCN)N1C(C)=O. The van der Waals surface area contributed by atoms with Gasteiger partial charge < -0.3 is 40.5 Å². The highest BCUT2D eigenvalue weighted by molar-refractivity contribution is 5.94. The van der Waals surface area contributed by atoms with E-state index in [0.717, 1.165) is 25.3 Å². The van der Waals surface area contributed by atoms with E-state index in [0.29, 0.717) is 6.54 Å². The maximum atomic E-state index is 13.5. The van der Waals surface area contributed by atoms with Gasteiger partial charge in [-0.3, -0.25) is 24.5 Å². The van der Waals surface area contributed by atoms with Crippen LogP contribution in [0, 0.1) is 0 Å². The highest BCUT2D eigenvalue weighted by Crippen LogP contribution is 2.35. The molecule has 2 aliphatic rings. The first kappa shape index (κ1) is 39.6. The highest BCUT2D eigenvalue weighted by Gasteiger charge is 2.57. The molecule has 2 heterocycles. The molecule has 0 aromatic heterocycles. The van der Waals surface area contributed by atoms with Gasteiger partial charge in [0.2, 0.25) is 18.2 Å². The number of aliphatic hydroxyl groups excluding tert-OH is 2. The van der Waals surface area contributed by atoms with Gasteiger partial charge >= 0.3 is 0 Å². The van der Waals surface area contributed by atoms with Gasteiger partial charge in [-0.15, -0.1) is 0 Å². The monoisotopic (exact) mass is 653 g/mol. The largest absolute Gasteiger partial charge is 0.387 e. The third-order valence-corrected chi connectivity index (χ3v) is 8.77. The van der Waals surface area contributed by atoms with Crippen molar-refractivity contribution in [3.8, 4) is 0 Å². The van der Waals surface area contributed by atoms with E-state index in [1.807, 2.05) is 5.32 Å². The number of rotatable bonds is 23. The first-order valence-corrected chi connectivity index (χ1v) is 17.3. The summed E-state index contributed by atoms with van der Waals surface area (Å²) in [5.74, 6) is -1.49. The number of carbonyl (C=O) groups excluding carboxylic acids is 4. The minimum atomic E-state index is -1.46. The lowest BCUT2D eigenvalue weighted by Gasteiger charge is -2.29. The van der Waals surface area contributed by atoms with Crippen molar-refractivity contribution in [1.29, 1.82) is 0 Å². The number of nitrogens with two attached hydrogens (primary N) is 1. The van der Waals surface area contributed by atoms with Crippen molar-refractivity contribution in [1.82, 2.24) is 20.4 Å². The summed E-state index contributed by atoms with van der Waals surface area (Å²) in [6, 6.07) is -1.11. The molecule has 13 nitrogen and oxygen atoms in total. The van der Waals surface area contributed by atoms with E-state index in [4.69, 9.17) is 15.2 Å². The minimum Gasteiger partial charge on any atom is -0.387 e. The van der Waals surface area contributed by atoms with Crippen LogP contribution in [0.2, 0.25) is 0 Å². The highest BCUT2D eigenvalue weighted by atomic mass is 16.6. The molecule has 0 radical (unpaired) electrons. The lowest BCUT2D eigenvalue weighted by molar-refractivity contribution is -0.140. The van der Waals surface area contributed by atoms with Gasteiger partial charge in [-0.2, -0.15) is 0 Å². The van der Waals surface area contributed by atoms with Gasteiger partial charge in [0.05, 0.1) is 0 Å². The van der Waals surface area contributed by atoms with E-state index in [1.54, 1.807) is 0 Å². The number of amides is 4. The van der Waals surface area contributed by atoms with Crippen LogP contribution in [0.5, 0.6) is 0 Å². The molecular formula is C33H59N5O8. The second kappa shape index (κ2) is 22.1. The summed E-state index contributed by atoms with van der Waals surface area (Å²) in [7, 11) is 1.52. The van der Waals surface area contributed by atoms with Crippen molar-refractivity contribution < 1.29 is 38.9 Å². The number of nitrogens with one attached hydrogen (secondary N) is 2. The van der Waals surface area contributed by atoms with Crippen molar-refractivity contribution in [3.63, 3.8) is 0 Å². The van der Waals surface area contributed by atoms with E-state index in [1.165, 1.54) is 101 Å². The van der Waals surface area contributed by atoms with Crippen LogP contribution < -0.4 is 16.4 Å². The number of hydrogen-bond acceptors (Lipinski definition) is 10. The van der Waals surface area contributed by atoms with Crippen LogP contribution in [0.4, 0.5) is 0 Å². The Morgan fingerprint density at radius 2 is 1.43 bits per heavy atom. The van der Waals surface area contributed by atoms with Crippen LogP contribution in [0.15, 0.2) is 12.3 Å². The van der Waals surface area contributed by atoms with Crippen molar-refractivity contribution in [2.24, 2.45) is 5.73 Å². The maximum absolute atomic E-state index is 13.5. The molecule has 2 fully saturated rings. The molecule has 2 rings (SSSR count). The smallest absolute Gasteiger partial charge is 0.251 e. The molecule has 13 heteroatoms. The molecule has 0 aliphatic carbocycles. The van der Waals surface area contributed by atoms with Crippen LogP contribution in [-0.4, -0.2) is 107 Å². The zero-order valence-electron chi connectivity index (χ0n) is 28.1. The van der Waals surface area contributed by atoms with Gasteiger partial charge in [-0.1, -0.05) is 90.4 Å². The van der Waals surface area contributed by atoms with E-state index in [2.05, 4.69) is 12.2 Å². The Morgan fingerprint density at radius 3 is 1.96 bits per heavy atom. The van der Waals surface area contributed by atoms with Gasteiger partial charge in [0, 0.05) is 39.2 Å². The summed E-state index contributed by atoms with van der Waals surface area (Å²) in [4.78, 5) is 51.1. The van der Waals surface area contributed by atoms with Crippen molar-refractivity contribution in [2.75, 3.05) is 20.1 Å². The summed E-state index contributed by atoms with van der Waals surface area (Å²) in [5.41, 5.74) is 5.77. The molecule has 4 amide bonds. The zero-order valence-corrected chi connectivity index (χ0v) is 28.1. The van der Waals surface area contributed by atoms with E-state index in [9.17, 15) is 29.4 Å². The summed E-state index contributed by atoms with van der Waals surface area (Å²) in [6.07, 6.45) is 13.1. The van der Waals surface area contributed by atoms with E-state index >= 15 is 0 Å². The summed E-state index contributed by atoms with van der Waals surface area (Å²) in [5, 5.41) is 26.7. The van der Waals surface area contributed by atoms with E-state index < -0.39 is 54.7 Å². The molecule has 2 unspecified atom stereocenters. The minimum absolute atomic E-state index is 0.199. The Hall–Kier alpha value is -2.58. The second-order valence-corrected chi connectivity index (χ2v) is 12.5. The van der Waals surface area contributed by atoms with E-state index in [-0.39, 0.29) is 25.3 Å². The Morgan fingerprint density at radius 1 is 0.870 bits per heavy atom. The number of unbranched alkanes of at least 4 members (excludes halogenated alkanes) is 13. The second-order valence-electron chi connectivity index (χ2n) is 12.5. The third-order valence-electron chi connectivity index (χ3n) is 8.77. The molecule has 2 saturated heterocycles. The fourth-order valence-corrected chi connectivity index (χ4v) is 6.25. The lowest BCUT2D eigenvalue weighted by atomic mass is 9.98. The predicted octanol–water partition coefficient (Wildman–Crippen LogP) is 2.04. The topological polar surface area (TPSA) is 184 Å². The Balaban J connectivity index is 1.88. The van der Waals surface area contributed by atoms with Crippen molar-refractivity contribution in [3.05, 3.63) is 12.3 Å². The number of aliphatic hydroxyl groups is 2. The molecule has 46 heavy (non-hydrogen) atoms. The van der Waals surface area contributed by atoms with Gasteiger partial charge in [0.15, 0.2) is 6.23 Å². The number of ether oxygens (including phenoxy) is 2. The fraction of sp³-hybridized carbons (Fsp3) is 0.818. The molecular weight excluding hydrogens is 594 g/mol. The van der Waals surface area contributed by atoms with Gasteiger partial charge in [-0.25, -0.2) is 0 Å². The molecule has 0 spiro atoms. The Bertz CT molecular complexity index is 953. The van der Waals surface area contributed by atoms with Gasteiger partial charge in [-0.05, 0) is 13.0 Å². The number of nitrogens with zero attached hydrogens (tertiary/aromatic N) is 2. The standard InChI is InChI=1S/C33H59N5O8/c1-4-5-6-7-8-9-10-11-12-13-14-15-16-17-21-35-32(44)27-30(45-26(18-20-34)38(27)24(2)40)31-28(42)29(43)33(46-31)37(3)22-19-25(41)36-23-39/h19,22-23,26-31,33,42-43H,4-18,20-21,34H2,1-3H3,(H,35,44)(H,36,39,41)/b22-19-/t26-,27+,28?,29?,30+,31+,33-/m1/s1. The van der Waals surface area contributed by atoms with Gasteiger partial charge in [0.25, 0.3) is 5.91 Å². The van der Waals surface area contributed by atoms with Crippen molar-refractivity contribution >= 4 is 24.1 Å². The van der Waals surface area contributed by atoms with Crippen LogP contribution in [0.25, 0.3) is 0 Å². The third kappa shape index (κ3) is 12.6. The molecule has 0 bridgehead atoms. The average Bonchev–Trinajstić information content (AvgIpc) is 3.55. The Labute approximate surface area is 274 Å². The molecule has 0 aromatic rings. The maximum Gasteiger partial charge on any atom is 0.251 e. The van der Waals surface area contributed by atoms with Gasteiger partial charge in [0.1, 0.15) is 36.7 Å². The predicted molar refractivity (Wildman–Crippen MR) is 174 cm³/mol. The summed E-state index contributed by atoms with van der Waals surface area (Å²) >= 11 is 0.